The third-order valence-corrected chi connectivity index (χ3v) is 4.03. The molecule has 0 saturated heterocycles. The molecule has 19 heavy (non-hydrogen) atoms. The van der Waals surface area contributed by atoms with Crippen molar-refractivity contribution in [2.75, 3.05) is 0 Å². The van der Waals surface area contributed by atoms with Gasteiger partial charge in [0.25, 0.3) is 0 Å². The highest BCUT2D eigenvalue weighted by Crippen LogP contribution is 2.42. The maximum absolute atomic E-state index is 12.8. The first-order valence-corrected chi connectivity index (χ1v) is 6.67. The lowest BCUT2D eigenvalue weighted by atomic mass is 10.1. The fourth-order valence-electron chi connectivity index (χ4n) is 2.01. The molecule has 1 aliphatic rings. The van der Waals surface area contributed by atoms with Crippen molar-refractivity contribution in [2.45, 2.75) is 24.9 Å². The zero-order valence-corrected chi connectivity index (χ0v) is 11.3. The summed E-state index contributed by atoms with van der Waals surface area (Å²) in [6.45, 7) is 0. The van der Waals surface area contributed by atoms with Crippen molar-refractivity contribution in [3.05, 3.63) is 40.1 Å². The van der Waals surface area contributed by atoms with Gasteiger partial charge in [-0.25, -0.2) is 4.98 Å². The van der Waals surface area contributed by atoms with E-state index in [1.807, 2.05) is 0 Å². The molecule has 2 aromatic rings. The Kier molecular flexibility index (Phi) is 2.92. The number of hydrogen-bond acceptors (Lipinski definition) is 1. The number of benzene rings is 1. The molecule has 100 valence electrons. The lowest BCUT2D eigenvalue weighted by Crippen LogP contribution is -2.06. The van der Waals surface area contributed by atoms with Crippen LogP contribution >= 0.6 is 15.9 Å². The van der Waals surface area contributed by atoms with Gasteiger partial charge in [-0.05, 0) is 34.8 Å². The average Bonchev–Trinajstić information content (AvgIpc) is 3.07. The molecule has 0 spiro atoms. The molecular weight excluding hydrogens is 321 g/mol. The van der Waals surface area contributed by atoms with Crippen LogP contribution in [0.4, 0.5) is 13.2 Å². The van der Waals surface area contributed by atoms with Gasteiger partial charge in [0, 0.05) is 27.8 Å². The monoisotopic (exact) mass is 330 g/mol. The van der Waals surface area contributed by atoms with Crippen molar-refractivity contribution in [1.82, 2.24) is 9.97 Å². The van der Waals surface area contributed by atoms with Crippen LogP contribution < -0.4 is 0 Å². The van der Waals surface area contributed by atoms with Gasteiger partial charge < -0.3 is 4.98 Å². The minimum atomic E-state index is -4.37. The fourth-order valence-corrected chi connectivity index (χ4v) is 2.68. The molecule has 0 amide bonds. The number of nitrogens with one attached hydrogen (secondary N) is 1. The van der Waals surface area contributed by atoms with Crippen LogP contribution in [0, 0.1) is 0 Å². The summed E-state index contributed by atoms with van der Waals surface area (Å²) in [5.41, 5.74) is 0.746. The second-order valence-corrected chi connectivity index (χ2v) is 5.42. The van der Waals surface area contributed by atoms with Crippen molar-refractivity contribution >= 4 is 15.9 Å². The summed E-state index contributed by atoms with van der Waals surface area (Å²) in [4.78, 5) is 7.28. The molecule has 1 N–H and O–H groups in total. The second kappa shape index (κ2) is 4.37. The average molecular weight is 331 g/mol. The van der Waals surface area contributed by atoms with Gasteiger partial charge in [-0.2, -0.15) is 13.2 Å². The van der Waals surface area contributed by atoms with Crippen molar-refractivity contribution in [1.29, 1.82) is 0 Å². The van der Waals surface area contributed by atoms with Gasteiger partial charge in [-0.15, -0.1) is 0 Å². The fraction of sp³-hybridized carbons (Fsp3) is 0.308. The zero-order chi connectivity index (χ0) is 13.6. The van der Waals surface area contributed by atoms with E-state index in [1.165, 1.54) is 6.07 Å². The Morgan fingerprint density at radius 3 is 2.63 bits per heavy atom. The third-order valence-electron chi connectivity index (χ3n) is 3.17. The second-order valence-electron chi connectivity index (χ2n) is 4.63. The lowest BCUT2D eigenvalue weighted by Gasteiger charge is -2.11. The molecule has 3 rings (SSSR count). The van der Waals surface area contributed by atoms with E-state index < -0.39 is 11.7 Å². The highest BCUT2D eigenvalue weighted by molar-refractivity contribution is 9.10. The molecule has 0 bridgehead atoms. The lowest BCUT2D eigenvalue weighted by molar-refractivity contribution is -0.138. The summed E-state index contributed by atoms with van der Waals surface area (Å²) >= 11 is 3.04. The van der Waals surface area contributed by atoms with Crippen molar-refractivity contribution in [3.63, 3.8) is 0 Å². The Bertz CT molecular complexity index is 615. The number of alkyl halides is 3. The Morgan fingerprint density at radius 1 is 1.26 bits per heavy atom. The molecule has 1 fully saturated rings. The van der Waals surface area contributed by atoms with Gasteiger partial charge in [0.2, 0.25) is 0 Å². The first-order valence-electron chi connectivity index (χ1n) is 5.88. The molecular formula is C13H10BrF3N2. The number of imidazole rings is 1. The number of aromatic amines is 1. The van der Waals surface area contributed by atoms with Crippen molar-refractivity contribution < 1.29 is 13.2 Å². The highest BCUT2D eigenvalue weighted by Gasteiger charge is 2.34. The molecule has 0 atom stereocenters. The maximum Gasteiger partial charge on any atom is 0.417 e. The largest absolute Gasteiger partial charge is 0.417 e. The van der Waals surface area contributed by atoms with Crippen LogP contribution in [0.15, 0.2) is 28.9 Å². The number of halogens is 4. The quantitative estimate of drug-likeness (QED) is 0.846. The van der Waals surface area contributed by atoms with E-state index >= 15 is 0 Å². The zero-order valence-electron chi connectivity index (χ0n) is 9.76. The molecule has 1 aromatic carbocycles. The van der Waals surface area contributed by atoms with Crippen LogP contribution in [-0.2, 0) is 6.18 Å². The van der Waals surface area contributed by atoms with Gasteiger partial charge in [0.15, 0.2) is 0 Å². The SMILES string of the molecule is FC(F)(F)c1cccc(-c2ncc(C3CC3)[nH]2)c1Br. The third kappa shape index (κ3) is 2.41. The summed E-state index contributed by atoms with van der Waals surface area (Å²) in [5, 5.41) is 0. The van der Waals surface area contributed by atoms with E-state index in [2.05, 4.69) is 25.9 Å². The molecule has 1 aromatic heterocycles. The molecule has 0 unspecified atom stereocenters. The smallest absolute Gasteiger partial charge is 0.342 e. The number of rotatable bonds is 2. The van der Waals surface area contributed by atoms with Crippen LogP contribution in [0.25, 0.3) is 11.4 Å². The van der Waals surface area contributed by atoms with Crippen molar-refractivity contribution in [2.24, 2.45) is 0 Å². The maximum atomic E-state index is 12.8. The van der Waals surface area contributed by atoms with Gasteiger partial charge >= 0.3 is 6.18 Å². The first kappa shape index (κ1) is 12.7. The Balaban J connectivity index is 2.04. The molecule has 1 aliphatic carbocycles. The predicted molar refractivity (Wildman–Crippen MR) is 68.7 cm³/mol. The normalized spacial score (nSPS) is 15.8. The summed E-state index contributed by atoms with van der Waals surface area (Å²) < 4.78 is 38.5. The standard InChI is InChI=1S/C13H10BrF3N2/c14-11-8(2-1-3-9(11)13(15,16)17)12-18-6-10(19-12)7-4-5-7/h1-3,6-7H,4-5H2,(H,18,19). The van der Waals surface area contributed by atoms with E-state index in [0.717, 1.165) is 24.6 Å². The topological polar surface area (TPSA) is 28.7 Å². The summed E-state index contributed by atoms with van der Waals surface area (Å²) in [7, 11) is 0. The Labute approximate surface area is 116 Å². The van der Waals surface area contributed by atoms with Crippen LogP contribution in [-0.4, -0.2) is 9.97 Å². The minimum Gasteiger partial charge on any atom is -0.342 e. The van der Waals surface area contributed by atoms with Gasteiger partial charge in [0.05, 0.1) is 5.56 Å². The number of hydrogen-bond donors (Lipinski definition) is 1. The van der Waals surface area contributed by atoms with Crippen molar-refractivity contribution in [3.8, 4) is 11.4 Å². The molecule has 1 saturated carbocycles. The predicted octanol–water partition coefficient (Wildman–Crippen LogP) is 4.74. The minimum absolute atomic E-state index is 0.0270. The molecule has 6 heteroatoms. The van der Waals surface area contributed by atoms with E-state index in [1.54, 1.807) is 12.3 Å². The van der Waals surface area contributed by atoms with Crippen LogP contribution in [0.3, 0.4) is 0 Å². The first-order chi connectivity index (χ1) is 8.97. The molecule has 0 aliphatic heterocycles. The van der Waals surface area contributed by atoms with Gasteiger partial charge in [0.1, 0.15) is 5.82 Å². The van der Waals surface area contributed by atoms with Crippen LogP contribution in [0.5, 0.6) is 0 Å². The summed E-state index contributed by atoms with van der Waals surface area (Å²) in [6.07, 6.45) is -0.433. The highest BCUT2D eigenvalue weighted by atomic mass is 79.9. The molecule has 0 radical (unpaired) electrons. The number of H-pyrrole nitrogens is 1. The van der Waals surface area contributed by atoms with Crippen LogP contribution in [0.2, 0.25) is 0 Å². The number of aromatic nitrogens is 2. The van der Waals surface area contributed by atoms with Crippen LogP contribution in [0.1, 0.15) is 30.0 Å². The summed E-state index contributed by atoms with van der Waals surface area (Å²) in [6, 6.07) is 4.06. The Morgan fingerprint density at radius 2 is 2.00 bits per heavy atom. The molecule has 2 nitrogen and oxygen atoms in total. The Hall–Kier alpha value is -1.30. The molecule has 1 heterocycles. The van der Waals surface area contributed by atoms with Gasteiger partial charge in [-0.3, -0.25) is 0 Å². The van der Waals surface area contributed by atoms with E-state index in [-0.39, 0.29) is 4.47 Å². The van der Waals surface area contributed by atoms with E-state index in [9.17, 15) is 13.2 Å². The van der Waals surface area contributed by atoms with Gasteiger partial charge in [-0.1, -0.05) is 12.1 Å². The van der Waals surface area contributed by atoms with E-state index in [0.29, 0.717) is 17.3 Å². The van der Waals surface area contributed by atoms with E-state index in [4.69, 9.17) is 0 Å². The summed E-state index contributed by atoms with van der Waals surface area (Å²) in [5.74, 6) is 0.964. The number of nitrogens with zero attached hydrogens (tertiary/aromatic N) is 1.